The van der Waals surface area contributed by atoms with Gasteiger partial charge in [-0.2, -0.15) is 0 Å². The number of nitrogens with zero attached hydrogens (tertiary/aromatic N) is 1. The van der Waals surface area contributed by atoms with E-state index in [1.165, 1.54) is 31.4 Å². The van der Waals surface area contributed by atoms with Crippen molar-refractivity contribution in [2.24, 2.45) is 5.41 Å². The van der Waals surface area contributed by atoms with Crippen LogP contribution in [0.25, 0.3) is 0 Å². The molecule has 0 aliphatic carbocycles. The van der Waals surface area contributed by atoms with Crippen LogP contribution in [0.3, 0.4) is 0 Å². The molecule has 1 aromatic rings. The largest absolute Gasteiger partial charge is 0.494 e. The van der Waals surface area contributed by atoms with E-state index in [1.807, 2.05) is 19.1 Å². The first-order valence-electron chi connectivity index (χ1n) is 7.74. The number of ether oxygens (including phenoxy) is 1. The number of anilines is 1. The van der Waals surface area contributed by atoms with Crippen LogP contribution in [0.15, 0.2) is 18.2 Å². The summed E-state index contributed by atoms with van der Waals surface area (Å²) in [4.78, 5) is 2.53. The molecule has 0 saturated carbocycles. The van der Waals surface area contributed by atoms with Crippen LogP contribution in [0.4, 0.5) is 5.69 Å². The first-order chi connectivity index (χ1) is 9.50. The molecule has 112 valence electrons. The average Bonchev–Trinajstić information content (AvgIpc) is 2.55. The number of benzene rings is 1. The molecule has 2 rings (SSSR count). The lowest BCUT2D eigenvalue weighted by atomic mass is 9.85. The summed E-state index contributed by atoms with van der Waals surface area (Å²) < 4.78 is 5.72. The third kappa shape index (κ3) is 4.14. The predicted molar refractivity (Wildman–Crippen MR) is 84.9 cm³/mol. The lowest BCUT2D eigenvalue weighted by Crippen LogP contribution is -2.25. The average molecular weight is 276 g/mol. The number of hydrogen-bond donors (Lipinski definition) is 1. The number of nitrogen functional groups attached to an aromatic ring is 1. The molecule has 1 aromatic carbocycles. The summed E-state index contributed by atoms with van der Waals surface area (Å²) in [5.41, 5.74) is 8.44. The second-order valence-electron chi connectivity index (χ2n) is 6.59. The molecule has 1 aliphatic rings. The van der Waals surface area contributed by atoms with Crippen LogP contribution in [0, 0.1) is 5.41 Å². The Morgan fingerprint density at radius 3 is 2.80 bits per heavy atom. The standard InChI is InChI=1S/C17H28N2O/c1-4-20-16-7-6-15(18)12-14(16)13-19-10-5-8-17(2,3)9-11-19/h6-7,12H,4-5,8-11,13,18H2,1-3H3. The minimum Gasteiger partial charge on any atom is -0.494 e. The molecule has 3 heteroatoms. The molecule has 0 radical (unpaired) electrons. The van der Waals surface area contributed by atoms with Crippen LogP contribution in [-0.4, -0.2) is 24.6 Å². The molecule has 0 aromatic heterocycles. The smallest absolute Gasteiger partial charge is 0.123 e. The predicted octanol–water partition coefficient (Wildman–Crippen LogP) is 3.68. The second kappa shape index (κ2) is 6.49. The monoisotopic (exact) mass is 276 g/mol. The topological polar surface area (TPSA) is 38.5 Å². The van der Waals surface area contributed by atoms with Gasteiger partial charge < -0.3 is 10.5 Å². The van der Waals surface area contributed by atoms with E-state index in [0.29, 0.717) is 12.0 Å². The highest BCUT2D eigenvalue weighted by Crippen LogP contribution is 2.31. The maximum atomic E-state index is 5.93. The minimum atomic E-state index is 0.479. The Hall–Kier alpha value is -1.22. The zero-order valence-corrected chi connectivity index (χ0v) is 13.1. The fourth-order valence-electron chi connectivity index (χ4n) is 2.90. The van der Waals surface area contributed by atoms with Crippen molar-refractivity contribution in [3.8, 4) is 5.75 Å². The second-order valence-corrected chi connectivity index (χ2v) is 6.59. The summed E-state index contributed by atoms with van der Waals surface area (Å²) in [6.45, 7) is 10.7. The van der Waals surface area contributed by atoms with Crippen molar-refractivity contribution < 1.29 is 4.74 Å². The van der Waals surface area contributed by atoms with Gasteiger partial charge in [-0.15, -0.1) is 0 Å². The van der Waals surface area contributed by atoms with Gasteiger partial charge in [-0.05, 0) is 62.9 Å². The Bertz CT molecular complexity index is 443. The van der Waals surface area contributed by atoms with Crippen molar-refractivity contribution >= 4 is 5.69 Å². The van der Waals surface area contributed by atoms with Crippen LogP contribution < -0.4 is 10.5 Å². The van der Waals surface area contributed by atoms with E-state index in [-0.39, 0.29) is 0 Å². The van der Waals surface area contributed by atoms with E-state index in [4.69, 9.17) is 10.5 Å². The molecule has 1 fully saturated rings. The van der Waals surface area contributed by atoms with E-state index in [1.54, 1.807) is 0 Å². The summed E-state index contributed by atoms with van der Waals surface area (Å²) in [5, 5.41) is 0. The first-order valence-corrected chi connectivity index (χ1v) is 7.74. The normalized spacial score (nSPS) is 19.6. The Morgan fingerprint density at radius 2 is 2.05 bits per heavy atom. The molecule has 0 atom stereocenters. The quantitative estimate of drug-likeness (QED) is 0.853. The van der Waals surface area contributed by atoms with E-state index in [2.05, 4.69) is 24.8 Å². The molecule has 0 spiro atoms. The zero-order chi connectivity index (χ0) is 14.6. The summed E-state index contributed by atoms with van der Waals surface area (Å²) in [6.07, 6.45) is 3.86. The summed E-state index contributed by atoms with van der Waals surface area (Å²) >= 11 is 0. The molecular weight excluding hydrogens is 248 g/mol. The van der Waals surface area contributed by atoms with Gasteiger partial charge in [-0.1, -0.05) is 13.8 Å². The third-order valence-electron chi connectivity index (χ3n) is 4.21. The molecule has 1 heterocycles. The Labute approximate surface area is 123 Å². The molecule has 1 saturated heterocycles. The lowest BCUT2D eigenvalue weighted by molar-refractivity contribution is 0.250. The minimum absolute atomic E-state index is 0.479. The molecule has 0 unspecified atom stereocenters. The van der Waals surface area contributed by atoms with Gasteiger partial charge >= 0.3 is 0 Å². The zero-order valence-electron chi connectivity index (χ0n) is 13.1. The van der Waals surface area contributed by atoms with Crippen LogP contribution in [-0.2, 0) is 6.54 Å². The van der Waals surface area contributed by atoms with Crippen molar-refractivity contribution in [1.29, 1.82) is 0 Å². The van der Waals surface area contributed by atoms with Crippen LogP contribution in [0.1, 0.15) is 45.6 Å². The Kier molecular flexibility index (Phi) is 4.92. The van der Waals surface area contributed by atoms with Crippen molar-refractivity contribution in [3.63, 3.8) is 0 Å². The molecule has 0 amide bonds. The molecule has 2 N–H and O–H groups in total. The van der Waals surface area contributed by atoms with E-state index in [0.717, 1.165) is 24.5 Å². The van der Waals surface area contributed by atoms with Crippen LogP contribution in [0.5, 0.6) is 5.75 Å². The number of hydrogen-bond acceptors (Lipinski definition) is 3. The molecule has 0 bridgehead atoms. The van der Waals surface area contributed by atoms with Gasteiger partial charge in [0.15, 0.2) is 0 Å². The lowest BCUT2D eigenvalue weighted by Gasteiger charge is -2.24. The van der Waals surface area contributed by atoms with Crippen molar-refractivity contribution in [1.82, 2.24) is 4.90 Å². The van der Waals surface area contributed by atoms with Gasteiger partial charge in [-0.3, -0.25) is 4.90 Å². The maximum Gasteiger partial charge on any atom is 0.123 e. The van der Waals surface area contributed by atoms with Gasteiger partial charge in [0.2, 0.25) is 0 Å². The van der Waals surface area contributed by atoms with Crippen LogP contribution in [0.2, 0.25) is 0 Å². The summed E-state index contributed by atoms with van der Waals surface area (Å²) in [5.74, 6) is 0.977. The number of nitrogens with two attached hydrogens (primary N) is 1. The molecule has 3 nitrogen and oxygen atoms in total. The van der Waals surface area contributed by atoms with Crippen molar-refractivity contribution in [2.75, 3.05) is 25.4 Å². The Morgan fingerprint density at radius 1 is 1.25 bits per heavy atom. The van der Waals surface area contributed by atoms with Gasteiger partial charge in [0, 0.05) is 17.8 Å². The van der Waals surface area contributed by atoms with Crippen molar-refractivity contribution in [3.05, 3.63) is 23.8 Å². The Balaban J connectivity index is 2.07. The highest BCUT2D eigenvalue weighted by atomic mass is 16.5. The van der Waals surface area contributed by atoms with E-state index < -0.39 is 0 Å². The highest BCUT2D eigenvalue weighted by molar-refractivity contribution is 5.47. The maximum absolute atomic E-state index is 5.93. The fourth-order valence-corrected chi connectivity index (χ4v) is 2.90. The first kappa shape index (κ1) is 15.2. The fraction of sp³-hybridized carbons (Fsp3) is 0.647. The molecular formula is C17H28N2O. The SMILES string of the molecule is CCOc1ccc(N)cc1CN1CCCC(C)(C)CC1. The molecule has 20 heavy (non-hydrogen) atoms. The number of rotatable bonds is 4. The van der Waals surface area contributed by atoms with Gasteiger partial charge in [0.05, 0.1) is 6.61 Å². The number of likely N-dealkylation sites (tertiary alicyclic amines) is 1. The third-order valence-corrected chi connectivity index (χ3v) is 4.21. The highest BCUT2D eigenvalue weighted by Gasteiger charge is 2.23. The van der Waals surface area contributed by atoms with Gasteiger partial charge in [0.1, 0.15) is 5.75 Å². The van der Waals surface area contributed by atoms with Crippen LogP contribution >= 0.6 is 0 Å². The van der Waals surface area contributed by atoms with Crippen molar-refractivity contribution in [2.45, 2.75) is 46.6 Å². The van der Waals surface area contributed by atoms with Gasteiger partial charge in [0.25, 0.3) is 0 Å². The van der Waals surface area contributed by atoms with E-state index in [9.17, 15) is 0 Å². The molecule has 1 aliphatic heterocycles. The summed E-state index contributed by atoms with van der Waals surface area (Å²) in [6, 6.07) is 5.97. The van der Waals surface area contributed by atoms with E-state index >= 15 is 0 Å². The summed E-state index contributed by atoms with van der Waals surface area (Å²) in [7, 11) is 0. The van der Waals surface area contributed by atoms with Gasteiger partial charge in [-0.25, -0.2) is 0 Å².